The minimum atomic E-state index is -0.574. The fraction of sp³-hybridized carbons (Fsp3) is 0.125. The first-order valence-corrected chi connectivity index (χ1v) is 6.97. The maximum absolute atomic E-state index is 11.7. The molecule has 0 fully saturated rings. The van der Waals surface area contributed by atoms with E-state index in [0.717, 1.165) is 0 Å². The van der Waals surface area contributed by atoms with Gasteiger partial charge in [0.05, 0.1) is 16.9 Å². The van der Waals surface area contributed by atoms with Crippen LogP contribution in [0, 0.1) is 10.1 Å². The number of rotatable bonds is 7. The van der Waals surface area contributed by atoms with Gasteiger partial charge in [-0.1, -0.05) is 12.1 Å². The molecule has 8 nitrogen and oxygen atoms in total. The monoisotopic (exact) mass is 329 g/mol. The number of carbonyl (C=O) groups excluding carboxylic acids is 1. The summed E-state index contributed by atoms with van der Waals surface area (Å²) in [4.78, 5) is 21.9. The summed E-state index contributed by atoms with van der Waals surface area (Å²) in [6, 6.07) is 9.37. The van der Waals surface area contributed by atoms with E-state index in [0.29, 0.717) is 11.5 Å². The molecule has 8 heteroatoms. The zero-order valence-electron chi connectivity index (χ0n) is 12.8. The Balaban J connectivity index is 1.85. The van der Waals surface area contributed by atoms with Crippen LogP contribution in [0.4, 0.5) is 5.69 Å². The summed E-state index contributed by atoms with van der Waals surface area (Å²) in [6.07, 6.45) is 4.92. The van der Waals surface area contributed by atoms with E-state index in [2.05, 4.69) is 10.5 Å². The van der Waals surface area contributed by atoms with Gasteiger partial charge in [-0.2, -0.15) is 5.10 Å². The number of para-hydroxylation sites is 2. The molecule has 0 saturated carbocycles. The molecule has 1 aromatic heterocycles. The third kappa shape index (κ3) is 5.09. The summed E-state index contributed by atoms with van der Waals surface area (Å²) >= 11 is 0. The molecule has 0 unspecified atom stereocenters. The standard InChI is InChI=1S/C16H15N3O5/c1-12(8-9-13-5-4-10-23-13)17-18-16(20)11-24-15-7-3-2-6-14(15)19(21)22/h2-10H,11H2,1H3,(H,18,20). The van der Waals surface area contributed by atoms with Crippen molar-refractivity contribution >= 4 is 23.4 Å². The molecule has 0 aliphatic rings. The number of hydrazone groups is 1. The van der Waals surface area contributed by atoms with Crippen molar-refractivity contribution in [2.45, 2.75) is 6.92 Å². The second kappa shape index (κ2) is 8.28. The summed E-state index contributed by atoms with van der Waals surface area (Å²) in [5.74, 6) is 0.158. The van der Waals surface area contributed by atoms with Crippen molar-refractivity contribution in [1.29, 1.82) is 0 Å². The normalized spacial score (nSPS) is 11.5. The van der Waals surface area contributed by atoms with Gasteiger partial charge < -0.3 is 9.15 Å². The molecule has 0 bridgehead atoms. The molecule has 1 amide bonds. The van der Waals surface area contributed by atoms with E-state index >= 15 is 0 Å². The number of furan rings is 1. The lowest BCUT2D eigenvalue weighted by atomic mass is 10.3. The van der Waals surface area contributed by atoms with Gasteiger partial charge in [0.2, 0.25) is 0 Å². The highest BCUT2D eigenvalue weighted by atomic mass is 16.6. The van der Waals surface area contributed by atoms with Gasteiger partial charge >= 0.3 is 5.69 Å². The summed E-state index contributed by atoms with van der Waals surface area (Å²) in [6.45, 7) is 1.31. The highest BCUT2D eigenvalue weighted by molar-refractivity contribution is 5.96. The van der Waals surface area contributed by atoms with Crippen LogP contribution in [-0.2, 0) is 4.79 Å². The number of amides is 1. The molecule has 1 N–H and O–H groups in total. The molecule has 0 radical (unpaired) electrons. The largest absolute Gasteiger partial charge is 0.477 e. The Hall–Kier alpha value is -3.42. The molecule has 2 aromatic rings. The Morgan fingerprint density at radius 3 is 2.88 bits per heavy atom. The van der Waals surface area contributed by atoms with Crippen molar-refractivity contribution in [3.63, 3.8) is 0 Å². The zero-order chi connectivity index (χ0) is 17.4. The van der Waals surface area contributed by atoms with Crippen molar-refractivity contribution in [3.8, 4) is 5.75 Å². The van der Waals surface area contributed by atoms with E-state index in [-0.39, 0.29) is 18.0 Å². The van der Waals surface area contributed by atoms with Crippen LogP contribution in [0.2, 0.25) is 0 Å². The van der Waals surface area contributed by atoms with E-state index < -0.39 is 10.8 Å². The molecule has 0 aliphatic heterocycles. The van der Waals surface area contributed by atoms with Crippen LogP contribution in [0.3, 0.4) is 0 Å². The molecular formula is C16H15N3O5. The molecule has 124 valence electrons. The Labute approximate surface area is 137 Å². The average Bonchev–Trinajstić information content (AvgIpc) is 3.10. The number of allylic oxidation sites excluding steroid dienone is 1. The Kier molecular flexibility index (Phi) is 5.84. The number of nitro benzene ring substituents is 1. The number of nitro groups is 1. The Morgan fingerprint density at radius 2 is 2.17 bits per heavy atom. The van der Waals surface area contributed by atoms with Gasteiger partial charge in [0.25, 0.3) is 5.91 Å². The molecular weight excluding hydrogens is 314 g/mol. The first kappa shape index (κ1) is 16.9. The minimum absolute atomic E-state index is 0.0241. The zero-order valence-corrected chi connectivity index (χ0v) is 12.8. The third-order valence-electron chi connectivity index (χ3n) is 2.81. The topological polar surface area (TPSA) is 107 Å². The van der Waals surface area contributed by atoms with Crippen LogP contribution in [-0.4, -0.2) is 23.1 Å². The molecule has 0 aliphatic carbocycles. The Morgan fingerprint density at radius 1 is 1.38 bits per heavy atom. The molecule has 0 atom stereocenters. The number of hydrogen-bond acceptors (Lipinski definition) is 6. The molecule has 0 spiro atoms. The molecule has 24 heavy (non-hydrogen) atoms. The number of nitrogens with zero attached hydrogens (tertiary/aromatic N) is 2. The fourth-order valence-corrected chi connectivity index (χ4v) is 1.68. The highest BCUT2D eigenvalue weighted by Gasteiger charge is 2.14. The molecule has 1 heterocycles. The number of ether oxygens (including phenoxy) is 1. The summed E-state index contributed by atoms with van der Waals surface area (Å²) < 4.78 is 10.3. The molecule has 2 rings (SSSR count). The average molecular weight is 329 g/mol. The maximum atomic E-state index is 11.7. The van der Waals surface area contributed by atoms with Gasteiger partial charge in [-0.15, -0.1) is 0 Å². The van der Waals surface area contributed by atoms with E-state index in [4.69, 9.17) is 9.15 Å². The lowest BCUT2D eigenvalue weighted by molar-refractivity contribution is -0.385. The minimum Gasteiger partial charge on any atom is -0.477 e. The van der Waals surface area contributed by atoms with Crippen LogP contribution in [0.15, 0.2) is 58.3 Å². The predicted molar refractivity (Wildman–Crippen MR) is 87.6 cm³/mol. The van der Waals surface area contributed by atoms with E-state index in [1.807, 2.05) is 0 Å². The van der Waals surface area contributed by atoms with Crippen molar-refractivity contribution < 1.29 is 18.9 Å². The third-order valence-corrected chi connectivity index (χ3v) is 2.81. The van der Waals surface area contributed by atoms with Crippen LogP contribution in [0.1, 0.15) is 12.7 Å². The van der Waals surface area contributed by atoms with E-state index in [1.54, 1.807) is 43.5 Å². The Bertz CT molecular complexity index is 766. The summed E-state index contributed by atoms with van der Waals surface area (Å²) in [5.41, 5.74) is 2.65. The van der Waals surface area contributed by atoms with Gasteiger partial charge in [0.15, 0.2) is 12.4 Å². The first-order valence-electron chi connectivity index (χ1n) is 6.97. The van der Waals surface area contributed by atoms with E-state index in [9.17, 15) is 14.9 Å². The van der Waals surface area contributed by atoms with Gasteiger partial charge in [-0.25, -0.2) is 5.43 Å². The van der Waals surface area contributed by atoms with Gasteiger partial charge in [0, 0.05) is 6.07 Å². The molecule has 0 saturated heterocycles. The SMILES string of the molecule is CC(C=Cc1ccco1)=NNC(=O)COc1ccccc1[N+](=O)[O-]. The van der Waals surface area contributed by atoms with E-state index in [1.165, 1.54) is 18.2 Å². The number of hydrogen-bond donors (Lipinski definition) is 1. The van der Waals surface area contributed by atoms with Gasteiger partial charge in [0.1, 0.15) is 5.76 Å². The smallest absolute Gasteiger partial charge is 0.310 e. The van der Waals surface area contributed by atoms with Crippen LogP contribution in [0.5, 0.6) is 5.75 Å². The second-order valence-corrected chi connectivity index (χ2v) is 4.65. The number of carbonyl (C=O) groups is 1. The van der Waals surface area contributed by atoms with Crippen LogP contribution < -0.4 is 10.2 Å². The van der Waals surface area contributed by atoms with Crippen molar-refractivity contribution in [1.82, 2.24) is 5.43 Å². The van der Waals surface area contributed by atoms with Crippen molar-refractivity contribution in [3.05, 3.63) is 64.6 Å². The first-order chi connectivity index (χ1) is 11.6. The van der Waals surface area contributed by atoms with Crippen molar-refractivity contribution in [2.24, 2.45) is 5.10 Å². The van der Waals surface area contributed by atoms with Crippen LogP contribution >= 0.6 is 0 Å². The summed E-state index contributed by atoms with van der Waals surface area (Å²) in [7, 11) is 0. The molecule has 1 aromatic carbocycles. The number of nitrogens with one attached hydrogen (secondary N) is 1. The maximum Gasteiger partial charge on any atom is 0.310 e. The van der Waals surface area contributed by atoms with Crippen LogP contribution in [0.25, 0.3) is 6.08 Å². The van der Waals surface area contributed by atoms with Crippen molar-refractivity contribution in [2.75, 3.05) is 6.61 Å². The lowest BCUT2D eigenvalue weighted by Crippen LogP contribution is -2.25. The van der Waals surface area contributed by atoms with Gasteiger partial charge in [-0.05, 0) is 37.3 Å². The second-order valence-electron chi connectivity index (χ2n) is 4.65. The summed E-state index contributed by atoms with van der Waals surface area (Å²) in [5, 5.41) is 14.7. The predicted octanol–water partition coefficient (Wildman–Crippen LogP) is 2.77. The number of benzene rings is 1. The highest BCUT2D eigenvalue weighted by Crippen LogP contribution is 2.25. The lowest BCUT2D eigenvalue weighted by Gasteiger charge is -2.05. The fourth-order valence-electron chi connectivity index (χ4n) is 1.68. The quantitative estimate of drug-likeness (QED) is 0.477. The van der Waals surface area contributed by atoms with Gasteiger partial charge in [-0.3, -0.25) is 14.9 Å².